The van der Waals surface area contributed by atoms with E-state index in [0.717, 1.165) is 48.6 Å². The van der Waals surface area contributed by atoms with Gasteiger partial charge in [-0.3, -0.25) is 0 Å². The molecule has 3 heterocycles. The van der Waals surface area contributed by atoms with E-state index in [0.29, 0.717) is 61.3 Å². The predicted octanol–water partition coefficient (Wildman–Crippen LogP) is 6.34. The molecule has 3 aliphatic rings. The molecule has 0 bridgehead atoms. The minimum atomic E-state index is -0.429. The molecule has 4 aromatic rings. The second-order valence-electron chi connectivity index (χ2n) is 12.3. The fourth-order valence-electron chi connectivity index (χ4n) is 7.80. The highest BCUT2D eigenvalue weighted by atomic mass is 19.1. The number of piperidine rings is 1. The summed E-state index contributed by atoms with van der Waals surface area (Å²) in [6.45, 7) is 6.27. The normalized spacial score (nSPS) is 23.0. The number of aromatic hydroxyl groups is 1. The van der Waals surface area contributed by atoms with Crippen LogP contribution >= 0.6 is 0 Å². The Labute approximate surface area is 246 Å². The lowest BCUT2D eigenvalue weighted by atomic mass is 9.76. The van der Waals surface area contributed by atoms with Crippen molar-refractivity contribution in [2.24, 2.45) is 5.41 Å². The van der Waals surface area contributed by atoms with Gasteiger partial charge in [-0.15, -0.1) is 0 Å². The number of hydrogen-bond acceptors (Lipinski definition) is 7. The number of morpholine rings is 1. The molecule has 220 valence electrons. The molecule has 0 amide bonds. The standard InChI is InChI=1S/C34H39FN4O3/c1-3-22-7-4-8-23-19-24(40)20-27(29(22)23)25-10-11-26-31(30(25)35)36-33(37-32(26)39-15-17-41-18-16-39)42-21-34-12-5-9-28(34)38(2)14-6-13-34/h4,7-8,10-11,19-20,28,40H,3,5-6,9,12-18,21H2,1-2H3/t28-,34-/m1/s1. The Morgan fingerprint density at radius 1 is 1.05 bits per heavy atom. The zero-order valence-electron chi connectivity index (χ0n) is 24.5. The Balaban J connectivity index is 1.35. The summed E-state index contributed by atoms with van der Waals surface area (Å²) >= 11 is 0. The lowest BCUT2D eigenvalue weighted by Gasteiger charge is -2.44. The van der Waals surface area contributed by atoms with Gasteiger partial charge in [0.25, 0.3) is 0 Å². The van der Waals surface area contributed by atoms with Crippen molar-refractivity contribution in [3.05, 3.63) is 53.8 Å². The molecule has 1 aliphatic carbocycles. The van der Waals surface area contributed by atoms with Gasteiger partial charge in [-0.2, -0.15) is 9.97 Å². The highest BCUT2D eigenvalue weighted by Gasteiger charge is 2.47. The molecule has 2 aliphatic heterocycles. The quantitative estimate of drug-likeness (QED) is 0.290. The van der Waals surface area contributed by atoms with Gasteiger partial charge >= 0.3 is 6.01 Å². The van der Waals surface area contributed by atoms with Gasteiger partial charge in [-0.05, 0) is 85.8 Å². The molecule has 3 aromatic carbocycles. The van der Waals surface area contributed by atoms with Crippen LogP contribution in [-0.2, 0) is 11.2 Å². The summed E-state index contributed by atoms with van der Waals surface area (Å²) in [5, 5.41) is 13.1. The first-order valence-electron chi connectivity index (χ1n) is 15.4. The van der Waals surface area contributed by atoms with E-state index in [1.54, 1.807) is 18.2 Å². The maximum atomic E-state index is 16.8. The van der Waals surface area contributed by atoms with Gasteiger partial charge in [0.15, 0.2) is 5.82 Å². The first-order chi connectivity index (χ1) is 20.5. The molecular weight excluding hydrogens is 531 g/mol. The molecule has 7 nitrogen and oxygen atoms in total. The molecule has 2 saturated heterocycles. The molecule has 0 radical (unpaired) electrons. The summed E-state index contributed by atoms with van der Waals surface area (Å²) in [5.41, 5.74) is 2.50. The Kier molecular flexibility index (Phi) is 7.14. The largest absolute Gasteiger partial charge is 0.508 e. The number of aromatic nitrogens is 2. The Bertz CT molecular complexity index is 1640. The van der Waals surface area contributed by atoms with Crippen LogP contribution in [0.5, 0.6) is 11.8 Å². The van der Waals surface area contributed by atoms with E-state index in [9.17, 15) is 5.11 Å². The van der Waals surface area contributed by atoms with Gasteiger partial charge in [-0.1, -0.05) is 37.6 Å². The minimum absolute atomic E-state index is 0.0852. The SMILES string of the molecule is CCc1cccc2cc(O)cc(-c3ccc4c(N5CCOCC5)nc(OC[C@]56CCC[C@H]5N(C)CCC6)nc4c3F)c12. The first-order valence-corrected chi connectivity index (χ1v) is 15.4. The Hall–Kier alpha value is -3.49. The van der Waals surface area contributed by atoms with Gasteiger partial charge in [0.05, 0.1) is 19.8 Å². The van der Waals surface area contributed by atoms with Crippen molar-refractivity contribution in [2.45, 2.75) is 51.5 Å². The summed E-state index contributed by atoms with van der Waals surface area (Å²) in [6, 6.07) is 13.8. The topological polar surface area (TPSA) is 71.0 Å². The van der Waals surface area contributed by atoms with Crippen LogP contribution in [0.3, 0.4) is 0 Å². The number of halogens is 1. The first kappa shape index (κ1) is 27.3. The number of fused-ring (bicyclic) bond motifs is 3. The van der Waals surface area contributed by atoms with E-state index in [-0.39, 0.29) is 22.7 Å². The Morgan fingerprint density at radius 2 is 1.88 bits per heavy atom. The lowest BCUT2D eigenvalue weighted by Crippen LogP contribution is -2.50. The molecular formula is C34H39FN4O3. The van der Waals surface area contributed by atoms with Crippen LogP contribution in [-0.4, -0.2) is 72.5 Å². The van der Waals surface area contributed by atoms with Crippen molar-refractivity contribution in [1.29, 1.82) is 0 Å². The van der Waals surface area contributed by atoms with Gasteiger partial charge in [-0.25, -0.2) is 4.39 Å². The number of benzene rings is 3. The molecule has 7 rings (SSSR count). The molecule has 1 N–H and O–H groups in total. The number of aryl methyl sites for hydroxylation is 1. The van der Waals surface area contributed by atoms with Crippen LogP contribution in [0.2, 0.25) is 0 Å². The third kappa shape index (κ3) is 4.65. The second kappa shape index (κ2) is 11.0. The summed E-state index contributed by atoms with van der Waals surface area (Å²) in [6.07, 6.45) is 6.61. The number of anilines is 1. The van der Waals surface area contributed by atoms with Gasteiger partial charge in [0, 0.05) is 35.5 Å². The molecule has 1 saturated carbocycles. The molecule has 3 fully saturated rings. The van der Waals surface area contributed by atoms with E-state index >= 15 is 4.39 Å². The fourth-order valence-corrected chi connectivity index (χ4v) is 7.80. The van der Waals surface area contributed by atoms with Gasteiger partial charge in [0.2, 0.25) is 0 Å². The van der Waals surface area contributed by atoms with E-state index in [4.69, 9.17) is 19.4 Å². The van der Waals surface area contributed by atoms with Crippen molar-refractivity contribution in [2.75, 3.05) is 51.4 Å². The number of phenolic OH excluding ortho intramolecular Hbond substituents is 1. The number of ether oxygens (including phenoxy) is 2. The molecule has 8 heteroatoms. The average Bonchev–Trinajstić information content (AvgIpc) is 3.45. The maximum absolute atomic E-state index is 16.8. The highest BCUT2D eigenvalue weighted by Crippen LogP contribution is 2.47. The van der Waals surface area contributed by atoms with Gasteiger partial charge in [0.1, 0.15) is 17.1 Å². The van der Waals surface area contributed by atoms with E-state index < -0.39 is 5.82 Å². The maximum Gasteiger partial charge on any atom is 0.319 e. The molecule has 0 unspecified atom stereocenters. The van der Waals surface area contributed by atoms with Gasteiger partial charge < -0.3 is 24.4 Å². The fraction of sp³-hybridized carbons (Fsp3) is 0.471. The number of likely N-dealkylation sites (tertiary alicyclic amines) is 1. The van der Waals surface area contributed by atoms with Crippen LogP contribution in [0.4, 0.5) is 10.2 Å². The molecule has 42 heavy (non-hydrogen) atoms. The number of phenols is 1. The summed E-state index contributed by atoms with van der Waals surface area (Å²) in [7, 11) is 2.22. The van der Waals surface area contributed by atoms with E-state index in [1.165, 1.54) is 12.8 Å². The van der Waals surface area contributed by atoms with Crippen molar-refractivity contribution in [1.82, 2.24) is 14.9 Å². The minimum Gasteiger partial charge on any atom is -0.508 e. The predicted molar refractivity (Wildman–Crippen MR) is 164 cm³/mol. The smallest absolute Gasteiger partial charge is 0.319 e. The highest BCUT2D eigenvalue weighted by molar-refractivity contribution is 6.03. The van der Waals surface area contributed by atoms with Crippen molar-refractivity contribution < 1.29 is 19.0 Å². The van der Waals surface area contributed by atoms with Crippen LogP contribution in [0.15, 0.2) is 42.5 Å². The zero-order chi connectivity index (χ0) is 28.8. The molecule has 2 atom stereocenters. The van der Waals surface area contributed by atoms with E-state index in [1.807, 2.05) is 18.2 Å². The third-order valence-electron chi connectivity index (χ3n) is 9.86. The van der Waals surface area contributed by atoms with Crippen LogP contribution in [0, 0.1) is 11.2 Å². The van der Waals surface area contributed by atoms with Crippen molar-refractivity contribution >= 4 is 27.5 Å². The monoisotopic (exact) mass is 570 g/mol. The van der Waals surface area contributed by atoms with Crippen LogP contribution in [0.25, 0.3) is 32.8 Å². The van der Waals surface area contributed by atoms with E-state index in [2.05, 4.69) is 29.8 Å². The second-order valence-corrected chi connectivity index (χ2v) is 12.3. The average molecular weight is 571 g/mol. The van der Waals surface area contributed by atoms with Crippen LogP contribution in [0.1, 0.15) is 44.6 Å². The third-order valence-corrected chi connectivity index (χ3v) is 9.86. The molecule has 1 aromatic heterocycles. The van der Waals surface area contributed by atoms with Crippen molar-refractivity contribution in [3.8, 4) is 22.9 Å². The Morgan fingerprint density at radius 3 is 2.71 bits per heavy atom. The molecule has 0 spiro atoms. The summed E-state index contributed by atoms with van der Waals surface area (Å²) < 4.78 is 28.8. The zero-order valence-corrected chi connectivity index (χ0v) is 24.5. The van der Waals surface area contributed by atoms with Crippen molar-refractivity contribution in [3.63, 3.8) is 0 Å². The lowest BCUT2D eigenvalue weighted by molar-refractivity contribution is 0.0133. The van der Waals surface area contributed by atoms with Crippen LogP contribution < -0.4 is 9.64 Å². The number of nitrogens with zero attached hydrogens (tertiary/aromatic N) is 4. The number of hydrogen-bond donors (Lipinski definition) is 1. The number of rotatable bonds is 6. The summed E-state index contributed by atoms with van der Waals surface area (Å²) in [5.74, 6) is 0.357. The summed E-state index contributed by atoms with van der Waals surface area (Å²) in [4.78, 5) is 14.2.